The molecule has 2 aliphatic carbocycles. The summed E-state index contributed by atoms with van der Waals surface area (Å²) in [6, 6.07) is 18.1. The van der Waals surface area contributed by atoms with Crippen molar-refractivity contribution in [3.05, 3.63) is 92.2 Å². The number of rotatable bonds is 5. The summed E-state index contributed by atoms with van der Waals surface area (Å²) in [7, 11) is 0. The summed E-state index contributed by atoms with van der Waals surface area (Å²) in [5, 5.41) is 0.667. The number of halogens is 2. The van der Waals surface area contributed by atoms with Crippen LogP contribution in [0.25, 0.3) is 16.6 Å². The predicted octanol–water partition coefficient (Wildman–Crippen LogP) is 8.77. The number of nitrogens with zero attached hydrogens (tertiary/aromatic N) is 5. The van der Waals surface area contributed by atoms with Gasteiger partial charge in [-0.25, -0.2) is 4.39 Å². The molecular weight excluding hydrogens is 757 g/mol. The van der Waals surface area contributed by atoms with Crippen LogP contribution in [0, 0.1) is 17.2 Å². The van der Waals surface area contributed by atoms with Crippen molar-refractivity contribution in [2.75, 3.05) is 42.5 Å². The molecule has 10 heteroatoms. The molecule has 4 aromatic rings. The lowest BCUT2D eigenvalue weighted by Crippen LogP contribution is -2.61. The Hall–Kier alpha value is -3.89. The lowest BCUT2D eigenvalue weighted by atomic mass is 9.69. The van der Waals surface area contributed by atoms with E-state index in [1.807, 2.05) is 12.1 Å². The van der Waals surface area contributed by atoms with Crippen LogP contribution in [0.3, 0.4) is 0 Å². The molecule has 3 aromatic carbocycles. The first-order chi connectivity index (χ1) is 26.7. The Labute approximate surface area is 330 Å². The molecule has 286 valence electrons. The Morgan fingerprint density at radius 2 is 1.55 bits per heavy atom. The number of anilines is 2. The zero-order valence-corrected chi connectivity index (χ0v) is 33.1. The Balaban J connectivity index is 0.768. The lowest BCUT2D eigenvalue weighted by Gasteiger charge is -2.55. The van der Waals surface area contributed by atoms with Crippen molar-refractivity contribution >= 4 is 50.0 Å². The van der Waals surface area contributed by atoms with Crippen LogP contribution in [0.4, 0.5) is 15.8 Å². The lowest BCUT2D eigenvalue weighted by molar-refractivity contribution is -0.129. The molecular formula is C45H49BrFN5O3. The van der Waals surface area contributed by atoms with E-state index in [4.69, 9.17) is 4.98 Å². The number of hydrogen-bond donors (Lipinski definition) is 0. The summed E-state index contributed by atoms with van der Waals surface area (Å²) in [6.45, 7) is 5.08. The van der Waals surface area contributed by atoms with Crippen LogP contribution in [-0.4, -0.2) is 59.0 Å². The molecule has 0 atom stereocenters. The fourth-order valence-electron chi connectivity index (χ4n) is 11.5. The summed E-state index contributed by atoms with van der Waals surface area (Å²) >= 11 is 3.65. The van der Waals surface area contributed by atoms with Gasteiger partial charge in [0.15, 0.2) is 0 Å². The minimum Gasteiger partial charge on any atom is -0.369 e. The highest BCUT2D eigenvalue weighted by molar-refractivity contribution is 9.10. The molecule has 3 saturated heterocycles. The largest absolute Gasteiger partial charge is 0.369 e. The van der Waals surface area contributed by atoms with Gasteiger partial charge in [-0.3, -0.25) is 23.9 Å². The number of imide groups is 1. The summed E-state index contributed by atoms with van der Waals surface area (Å²) in [6.07, 6.45) is 13.9. The van der Waals surface area contributed by atoms with E-state index in [2.05, 4.69) is 54.6 Å². The Bertz CT molecular complexity index is 2240. The van der Waals surface area contributed by atoms with Gasteiger partial charge in [0.05, 0.1) is 33.4 Å². The highest BCUT2D eigenvalue weighted by Crippen LogP contribution is 2.53. The fourth-order valence-corrected chi connectivity index (χ4v) is 12.0. The first-order valence-electron chi connectivity index (χ1n) is 20.7. The number of carbonyl (C=O) groups excluding carboxylic acids is 2. The van der Waals surface area contributed by atoms with Gasteiger partial charge in [-0.15, -0.1) is 0 Å². The van der Waals surface area contributed by atoms with Crippen molar-refractivity contribution in [2.24, 2.45) is 11.3 Å². The van der Waals surface area contributed by atoms with E-state index in [-0.39, 0.29) is 28.6 Å². The number of piperidine rings is 2. The maximum atomic E-state index is 15.4. The standard InChI is InChI=1S/C45H49BrFN5O3/c46-34-6-4-7-37-41(34)42(55)48-43-45(18-2-1-3-19-45)33-16-14-31(24-38(33)52(37)43)30-12-10-29(11-13-30)26-49-27-44(28-49)20-22-50(23-21-44)36-17-15-32(25-35(36)47)51-39(53)8-5-9-40(51)54/h4,6-7,14-17,24-25,29-30H,1-3,5,8-13,18-23,26-28H2. The third-order valence-corrected chi connectivity index (χ3v) is 15.0. The normalized spacial score (nSPS) is 24.7. The monoisotopic (exact) mass is 805 g/mol. The number of amides is 2. The van der Waals surface area contributed by atoms with E-state index in [1.54, 1.807) is 12.1 Å². The van der Waals surface area contributed by atoms with E-state index in [1.165, 1.54) is 61.5 Å². The van der Waals surface area contributed by atoms with Crippen molar-refractivity contribution in [1.29, 1.82) is 0 Å². The van der Waals surface area contributed by atoms with Crippen LogP contribution in [-0.2, 0) is 15.0 Å². The van der Waals surface area contributed by atoms with Gasteiger partial charge in [0.25, 0.3) is 5.56 Å². The van der Waals surface area contributed by atoms with Crippen molar-refractivity contribution in [2.45, 2.75) is 101 Å². The molecule has 2 saturated carbocycles. The predicted molar refractivity (Wildman–Crippen MR) is 217 cm³/mol. The molecule has 1 aromatic heterocycles. The second-order valence-electron chi connectivity index (χ2n) is 17.6. The Morgan fingerprint density at radius 3 is 2.27 bits per heavy atom. The van der Waals surface area contributed by atoms with Crippen molar-refractivity contribution in [1.82, 2.24) is 14.5 Å². The van der Waals surface area contributed by atoms with E-state index in [9.17, 15) is 14.4 Å². The molecule has 4 aliphatic heterocycles. The maximum Gasteiger partial charge on any atom is 0.281 e. The molecule has 5 fully saturated rings. The van der Waals surface area contributed by atoms with E-state index >= 15 is 4.39 Å². The first-order valence-corrected chi connectivity index (χ1v) is 21.5. The zero-order chi connectivity index (χ0) is 37.5. The van der Waals surface area contributed by atoms with Gasteiger partial charge in [-0.2, -0.15) is 4.98 Å². The minimum absolute atomic E-state index is 0.131. The second-order valence-corrected chi connectivity index (χ2v) is 18.5. The molecule has 0 radical (unpaired) electrons. The van der Waals surface area contributed by atoms with Crippen molar-refractivity contribution < 1.29 is 14.0 Å². The van der Waals surface area contributed by atoms with Gasteiger partial charge in [0.2, 0.25) is 11.8 Å². The Kier molecular flexibility index (Phi) is 8.81. The molecule has 5 heterocycles. The van der Waals surface area contributed by atoms with Crippen LogP contribution < -0.4 is 15.4 Å². The summed E-state index contributed by atoms with van der Waals surface area (Å²) in [4.78, 5) is 48.9. The molecule has 2 spiro atoms. The topological polar surface area (TPSA) is 78.8 Å². The van der Waals surface area contributed by atoms with E-state index in [0.717, 1.165) is 91.3 Å². The highest BCUT2D eigenvalue weighted by atomic mass is 79.9. The third kappa shape index (κ3) is 5.91. The summed E-state index contributed by atoms with van der Waals surface area (Å²) in [5.74, 6) is 1.35. The number of benzene rings is 3. The van der Waals surface area contributed by atoms with E-state index < -0.39 is 0 Å². The van der Waals surface area contributed by atoms with Crippen LogP contribution >= 0.6 is 15.9 Å². The van der Waals surface area contributed by atoms with Crippen LogP contribution in [0.15, 0.2) is 63.9 Å². The number of aromatic nitrogens is 2. The van der Waals surface area contributed by atoms with Gasteiger partial charge >= 0.3 is 0 Å². The Morgan fingerprint density at radius 1 is 0.800 bits per heavy atom. The highest BCUT2D eigenvalue weighted by Gasteiger charge is 2.48. The second kappa shape index (κ2) is 13.6. The molecule has 6 aliphatic rings. The van der Waals surface area contributed by atoms with Crippen LogP contribution in [0.5, 0.6) is 0 Å². The molecule has 0 unspecified atom stereocenters. The molecule has 10 rings (SSSR count). The summed E-state index contributed by atoms with van der Waals surface area (Å²) in [5.41, 5.74) is 5.90. The molecule has 55 heavy (non-hydrogen) atoms. The van der Waals surface area contributed by atoms with Crippen LogP contribution in [0.2, 0.25) is 0 Å². The SMILES string of the molecule is O=C1CCCC(=O)N1c1ccc(N2CCC3(CC2)CN(CC2CCC(c4ccc5c(c4)-n4c(nc(=O)c6c(Br)cccc64)C54CCCCC4)CC2)C3)c(F)c1. The average molecular weight is 807 g/mol. The number of hydrogen-bond acceptors (Lipinski definition) is 6. The molecule has 2 amide bonds. The molecule has 8 nitrogen and oxygen atoms in total. The molecule has 0 N–H and O–H groups in total. The maximum absolute atomic E-state index is 15.4. The van der Waals surface area contributed by atoms with Gasteiger partial charge in [0, 0.05) is 56.1 Å². The van der Waals surface area contributed by atoms with Gasteiger partial charge in [-0.05, 0) is 132 Å². The number of carbonyl (C=O) groups is 2. The van der Waals surface area contributed by atoms with Gasteiger partial charge in [-0.1, -0.05) is 37.5 Å². The van der Waals surface area contributed by atoms with Crippen LogP contribution in [0.1, 0.15) is 113 Å². The van der Waals surface area contributed by atoms with Gasteiger partial charge in [0.1, 0.15) is 11.6 Å². The third-order valence-electron chi connectivity index (χ3n) is 14.4. The van der Waals surface area contributed by atoms with Crippen molar-refractivity contribution in [3.63, 3.8) is 0 Å². The minimum atomic E-state index is -0.362. The first kappa shape index (κ1) is 35.5. The number of fused-ring (bicyclic) bond motifs is 7. The quantitative estimate of drug-likeness (QED) is 0.188. The fraction of sp³-hybridized carbons (Fsp3) is 0.511. The summed E-state index contributed by atoms with van der Waals surface area (Å²) < 4.78 is 18.5. The van der Waals surface area contributed by atoms with E-state index in [0.29, 0.717) is 47.4 Å². The van der Waals surface area contributed by atoms with Gasteiger partial charge < -0.3 is 9.80 Å². The smallest absolute Gasteiger partial charge is 0.281 e. The number of likely N-dealkylation sites (tertiary alicyclic amines) is 1. The molecule has 0 bridgehead atoms. The van der Waals surface area contributed by atoms with Crippen molar-refractivity contribution in [3.8, 4) is 5.69 Å². The average Bonchev–Trinajstić information content (AvgIpc) is 3.43. The zero-order valence-electron chi connectivity index (χ0n) is 31.5.